The molecule has 2 aromatic heterocycles. The molecule has 0 aliphatic heterocycles. The highest BCUT2D eigenvalue weighted by molar-refractivity contribution is 7.10. The minimum absolute atomic E-state index is 0.0571. The third-order valence-corrected chi connectivity index (χ3v) is 4.45. The summed E-state index contributed by atoms with van der Waals surface area (Å²) in [6.45, 7) is 1.97. The maximum absolute atomic E-state index is 11.8. The molecule has 0 atom stereocenters. The average Bonchev–Trinajstić information content (AvgIpc) is 3.18. The summed E-state index contributed by atoms with van der Waals surface area (Å²) in [5.74, 6) is 0.162. The number of hydrogen-bond acceptors (Lipinski definition) is 8. The van der Waals surface area contributed by atoms with Gasteiger partial charge in [0.2, 0.25) is 11.9 Å². The zero-order chi connectivity index (χ0) is 19.1. The molecule has 3 aromatic rings. The predicted octanol–water partition coefficient (Wildman–Crippen LogP) is 3.58. The molecule has 0 radical (unpaired) electrons. The molecule has 7 nitrogen and oxygen atoms in total. The van der Waals surface area contributed by atoms with Gasteiger partial charge < -0.3 is 15.8 Å². The van der Waals surface area contributed by atoms with Crippen LogP contribution in [0.25, 0.3) is 6.08 Å². The maximum Gasteiger partial charge on any atom is 0.331 e. The number of nitrogens with zero attached hydrogens (tertiary/aromatic N) is 3. The maximum atomic E-state index is 11.8. The number of esters is 1. The van der Waals surface area contributed by atoms with Gasteiger partial charge in [-0.3, -0.25) is 0 Å². The molecule has 0 saturated heterocycles. The van der Waals surface area contributed by atoms with Crippen LogP contribution >= 0.6 is 11.3 Å². The highest BCUT2D eigenvalue weighted by Gasteiger charge is 2.08. The summed E-state index contributed by atoms with van der Waals surface area (Å²) in [6.07, 6.45) is 3.93. The second-order valence-electron chi connectivity index (χ2n) is 5.53. The number of aryl methyl sites for hydroxylation is 1. The monoisotopic (exact) mass is 381 g/mol. The number of nitrogen functional groups attached to an aromatic ring is 1. The lowest BCUT2D eigenvalue weighted by atomic mass is 10.1. The molecule has 138 valence electrons. The number of nitrogens with one attached hydrogen (secondary N) is 1. The predicted molar refractivity (Wildman–Crippen MR) is 106 cm³/mol. The van der Waals surface area contributed by atoms with Crippen LogP contribution in [0.1, 0.15) is 23.2 Å². The molecule has 27 heavy (non-hydrogen) atoms. The van der Waals surface area contributed by atoms with Crippen molar-refractivity contribution in [1.29, 1.82) is 0 Å². The first-order valence-corrected chi connectivity index (χ1v) is 9.25. The number of benzene rings is 1. The highest BCUT2D eigenvalue weighted by atomic mass is 32.1. The van der Waals surface area contributed by atoms with Crippen molar-refractivity contribution in [3.8, 4) is 0 Å². The van der Waals surface area contributed by atoms with Gasteiger partial charge in [0, 0.05) is 16.6 Å². The Hall–Kier alpha value is -3.26. The van der Waals surface area contributed by atoms with Gasteiger partial charge in [-0.05, 0) is 35.6 Å². The van der Waals surface area contributed by atoms with Crippen molar-refractivity contribution in [1.82, 2.24) is 15.0 Å². The van der Waals surface area contributed by atoms with E-state index >= 15 is 0 Å². The first-order chi connectivity index (χ1) is 13.1. The van der Waals surface area contributed by atoms with E-state index in [2.05, 4.69) is 27.2 Å². The van der Waals surface area contributed by atoms with Gasteiger partial charge in [-0.25, -0.2) is 4.79 Å². The highest BCUT2D eigenvalue weighted by Crippen LogP contribution is 2.19. The quantitative estimate of drug-likeness (QED) is 0.476. The summed E-state index contributed by atoms with van der Waals surface area (Å²) in [5, 5.41) is 5.08. The molecular formula is C19H19N5O2S. The number of carbonyl (C=O) groups excluding carboxylic acids is 1. The van der Waals surface area contributed by atoms with Gasteiger partial charge in [-0.2, -0.15) is 15.0 Å². The Labute approximate surface area is 161 Å². The number of aromatic nitrogens is 3. The molecule has 0 amide bonds. The number of nitrogens with two attached hydrogens (primary N) is 1. The van der Waals surface area contributed by atoms with Gasteiger partial charge in [-0.15, -0.1) is 11.3 Å². The fourth-order valence-electron chi connectivity index (χ4n) is 2.35. The molecule has 0 unspecified atom stereocenters. The van der Waals surface area contributed by atoms with Crippen molar-refractivity contribution in [3.05, 3.63) is 64.1 Å². The van der Waals surface area contributed by atoms with E-state index in [0.29, 0.717) is 5.95 Å². The van der Waals surface area contributed by atoms with Crippen LogP contribution in [0.2, 0.25) is 0 Å². The summed E-state index contributed by atoms with van der Waals surface area (Å²) in [4.78, 5) is 25.2. The van der Waals surface area contributed by atoms with Crippen LogP contribution in [-0.2, 0) is 22.6 Å². The van der Waals surface area contributed by atoms with Crippen molar-refractivity contribution < 1.29 is 9.53 Å². The topological polar surface area (TPSA) is 103 Å². The fraction of sp³-hybridized carbons (Fsp3) is 0.158. The smallest absolute Gasteiger partial charge is 0.331 e. The van der Waals surface area contributed by atoms with Crippen molar-refractivity contribution in [2.75, 3.05) is 11.1 Å². The molecule has 8 heteroatoms. The minimum Gasteiger partial charge on any atom is -0.454 e. The molecule has 3 N–H and O–H groups in total. The number of hydrogen-bond donors (Lipinski definition) is 2. The largest absolute Gasteiger partial charge is 0.454 e. The van der Waals surface area contributed by atoms with E-state index in [0.717, 1.165) is 22.5 Å². The average molecular weight is 381 g/mol. The molecule has 0 spiro atoms. The number of para-hydroxylation sites is 1. The van der Waals surface area contributed by atoms with Crippen LogP contribution in [-0.4, -0.2) is 20.9 Å². The Morgan fingerprint density at radius 1 is 1.22 bits per heavy atom. The van der Waals surface area contributed by atoms with Gasteiger partial charge >= 0.3 is 5.97 Å². The van der Waals surface area contributed by atoms with E-state index in [4.69, 9.17) is 10.5 Å². The van der Waals surface area contributed by atoms with Crippen LogP contribution in [0.3, 0.4) is 0 Å². The van der Waals surface area contributed by atoms with Crippen LogP contribution < -0.4 is 11.1 Å². The Bertz CT molecular complexity index is 941. The van der Waals surface area contributed by atoms with Gasteiger partial charge in [0.25, 0.3) is 0 Å². The summed E-state index contributed by atoms with van der Waals surface area (Å²) in [6, 6.07) is 11.7. The molecule has 0 aliphatic rings. The van der Waals surface area contributed by atoms with Crippen LogP contribution in [0.15, 0.2) is 47.9 Å². The number of rotatable bonds is 7. The summed E-state index contributed by atoms with van der Waals surface area (Å²) in [7, 11) is 0. The molecule has 0 saturated carbocycles. The lowest BCUT2D eigenvalue weighted by molar-refractivity contribution is -0.139. The first-order valence-electron chi connectivity index (χ1n) is 8.37. The minimum atomic E-state index is -0.478. The van der Waals surface area contributed by atoms with E-state index < -0.39 is 5.97 Å². The lowest BCUT2D eigenvalue weighted by Gasteiger charge is -2.10. The summed E-state index contributed by atoms with van der Waals surface area (Å²) >= 11 is 1.53. The van der Waals surface area contributed by atoms with Crippen molar-refractivity contribution in [2.24, 2.45) is 0 Å². The fourth-order valence-corrected chi connectivity index (χ4v) is 2.97. The van der Waals surface area contributed by atoms with E-state index in [-0.39, 0.29) is 18.4 Å². The van der Waals surface area contributed by atoms with Gasteiger partial charge in [-0.1, -0.05) is 31.2 Å². The first kappa shape index (κ1) is 18.5. The van der Waals surface area contributed by atoms with Crippen LogP contribution in [0.5, 0.6) is 0 Å². The molecule has 1 aromatic carbocycles. The van der Waals surface area contributed by atoms with E-state index in [1.54, 1.807) is 6.08 Å². The summed E-state index contributed by atoms with van der Waals surface area (Å²) in [5.41, 5.74) is 7.78. The molecule has 3 rings (SSSR count). The normalized spacial score (nSPS) is 10.9. The standard InChI is InChI=1S/C19H19N5O2S/c1-2-13-6-3-4-8-15(13)21-19-23-16(22-18(20)24-19)12-26-17(25)10-9-14-7-5-11-27-14/h3-11H,2,12H2,1H3,(H3,20,21,22,23,24)/b10-9+. The Balaban J connectivity index is 1.65. The summed E-state index contributed by atoms with van der Waals surface area (Å²) < 4.78 is 5.17. The second kappa shape index (κ2) is 8.91. The number of carbonyl (C=O) groups is 1. The van der Waals surface area contributed by atoms with Gasteiger partial charge in [0.1, 0.15) is 0 Å². The van der Waals surface area contributed by atoms with Gasteiger partial charge in [0.05, 0.1) is 0 Å². The third kappa shape index (κ3) is 5.35. The molecular weight excluding hydrogens is 362 g/mol. The third-order valence-electron chi connectivity index (χ3n) is 3.61. The van der Waals surface area contributed by atoms with Crippen molar-refractivity contribution in [3.63, 3.8) is 0 Å². The zero-order valence-corrected chi connectivity index (χ0v) is 15.6. The van der Waals surface area contributed by atoms with E-state index in [9.17, 15) is 4.79 Å². The molecule has 0 bridgehead atoms. The second-order valence-corrected chi connectivity index (χ2v) is 6.50. The molecule has 0 fully saturated rings. The van der Waals surface area contributed by atoms with Gasteiger partial charge in [0.15, 0.2) is 12.4 Å². The van der Waals surface area contributed by atoms with Crippen molar-refractivity contribution in [2.45, 2.75) is 20.0 Å². The number of ether oxygens (including phenoxy) is 1. The molecule has 2 heterocycles. The molecule has 0 aliphatic carbocycles. The van der Waals surface area contributed by atoms with Crippen molar-refractivity contribution >= 4 is 41.0 Å². The Kier molecular flexibility index (Phi) is 6.11. The van der Waals surface area contributed by atoms with E-state index in [1.807, 2.05) is 41.8 Å². The van der Waals surface area contributed by atoms with E-state index in [1.165, 1.54) is 17.4 Å². The van der Waals surface area contributed by atoms with Crippen LogP contribution in [0, 0.1) is 0 Å². The number of thiophene rings is 1. The Morgan fingerprint density at radius 3 is 2.85 bits per heavy atom. The SMILES string of the molecule is CCc1ccccc1Nc1nc(N)nc(COC(=O)/C=C/c2cccs2)n1. The Morgan fingerprint density at radius 2 is 2.07 bits per heavy atom. The number of anilines is 3. The zero-order valence-electron chi connectivity index (χ0n) is 14.8. The van der Waals surface area contributed by atoms with Crippen LogP contribution in [0.4, 0.5) is 17.6 Å². The lowest BCUT2D eigenvalue weighted by Crippen LogP contribution is -2.10.